The molecule has 0 fully saturated rings. The van der Waals surface area contributed by atoms with E-state index in [0.717, 1.165) is 16.8 Å². The molecule has 6 nitrogen and oxygen atoms in total. The normalized spacial score (nSPS) is 10.8. The molecule has 1 aromatic carbocycles. The van der Waals surface area contributed by atoms with E-state index < -0.39 is 0 Å². The van der Waals surface area contributed by atoms with Gasteiger partial charge in [0.05, 0.1) is 18.5 Å². The SMILES string of the molecule is Cn1cnc2cc(C(=O)NCc3ccccc3CO)cnc21. The zero-order valence-electron chi connectivity index (χ0n) is 12.2. The molecule has 0 radical (unpaired) electrons. The van der Waals surface area contributed by atoms with Crippen LogP contribution in [0.4, 0.5) is 0 Å². The second kappa shape index (κ2) is 5.95. The van der Waals surface area contributed by atoms with Crippen molar-refractivity contribution >= 4 is 17.1 Å². The van der Waals surface area contributed by atoms with Crippen LogP contribution in [-0.4, -0.2) is 25.5 Å². The molecule has 0 aliphatic carbocycles. The van der Waals surface area contributed by atoms with Crippen molar-refractivity contribution in [2.24, 2.45) is 7.05 Å². The highest BCUT2D eigenvalue weighted by molar-refractivity contribution is 5.96. The number of aliphatic hydroxyl groups is 1. The van der Waals surface area contributed by atoms with E-state index in [4.69, 9.17) is 0 Å². The average molecular weight is 296 g/mol. The largest absolute Gasteiger partial charge is 0.392 e. The van der Waals surface area contributed by atoms with Crippen molar-refractivity contribution < 1.29 is 9.90 Å². The summed E-state index contributed by atoms with van der Waals surface area (Å²) in [5, 5.41) is 12.1. The van der Waals surface area contributed by atoms with E-state index in [-0.39, 0.29) is 12.5 Å². The summed E-state index contributed by atoms with van der Waals surface area (Å²) in [7, 11) is 1.86. The summed E-state index contributed by atoms with van der Waals surface area (Å²) in [4.78, 5) is 20.7. The zero-order valence-corrected chi connectivity index (χ0v) is 12.2. The number of carbonyl (C=O) groups excluding carboxylic acids is 1. The number of rotatable bonds is 4. The molecular weight excluding hydrogens is 280 g/mol. The minimum absolute atomic E-state index is 0.0481. The summed E-state index contributed by atoms with van der Waals surface area (Å²) in [5.41, 5.74) is 3.59. The Hall–Kier alpha value is -2.73. The number of fused-ring (bicyclic) bond motifs is 1. The van der Waals surface area contributed by atoms with Gasteiger partial charge in [0.25, 0.3) is 5.91 Å². The minimum Gasteiger partial charge on any atom is -0.392 e. The number of amides is 1. The number of pyridine rings is 1. The highest BCUT2D eigenvalue weighted by atomic mass is 16.3. The van der Waals surface area contributed by atoms with E-state index in [1.807, 2.05) is 31.3 Å². The van der Waals surface area contributed by atoms with Gasteiger partial charge in [-0.1, -0.05) is 24.3 Å². The van der Waals surface area contributed by atoms with Gasteiger partial charge >= 0.3 is 0 Å². The Balaban J connectivity index is 1.75. The van der Waals surface area contributed by atoms with Crippen LogP contribution >= 0.6 is 0 Å². The van der Waals surface area contributed by atoms with Gasteiger partial charge < -0.3 is 15.0 Å². The maximum Gasteiger partial charge on any atom is 0.253 e. The van der Waals surface area contributed by atoms with Gasteiger partial charge in [0.2, 0.25) is 0 Å². The highest BCUT2D eigenvalue weighted by Crippen LogP contribution is 2.12. The van der Waals surface area contributed by atoms with Crippen LogP contribution in [0.3, 0.4) is 0 Å². The second-order valence-corrected chi connectivity index (χ2v) is 5.03. The molecule has 0 saturated carbocycles. The third-order valence-corrected chi connectivity index (χ3v) is 3.54. The molecule has 3 rings (SSSR count). The van der Waals surface area contributed by atoms with Crippen molar-refractivity contribution in [1.29, 1.82) is 0 Å². The van der Waals surface area contributed by atoms with E-state index in [1.54, 1.807) is 17.0 Å². The lowest BCUT2D eigenvalue weighted by Gasteiger charge is -2.09. The lowest BCUT2D eigenvalue weighted by Crippen LogP contribution is -2.23. The standard InChI is InChI=1S/C16H16N4O2/c1-20-10-19-14-6-13(8-17-15(14)20)16(22)18-7-11-4-2-3-5-12(11)9-21/h2-6,8,10,21H,7,9H2,1H3,(H,18,22). The fourth-order valence-electron chi connectivity index (χ4n) is 2.30. The molecule has 112 valence electrons. The van der Waals surface area contributed by atoms with E-state index in [9.17, 15) is 9.90 Å². The third kappa shape index (κ3) is 2.68. The number of nitrogens with one attached hydrogen (secondary N) is 1. The molecule has 0 unspecified atom stereocenters. The van der Waals surface area contributed by atoms with Crippen LogP contribution in [-0.2, 0) is 20.2 Å². The average Bonchev–Trinajstić information content (AvgIpc) is 2.93. The van der Waals surface area contributed by atoms with Crippen molar-refractivity contribution in [3.63, 3.8) is 0 Å². The van der Waals surface area contributed by atoms with Gasteiger partial charge in [-0.05, 0) is 17.2 Å². The first-order chi connectivity index (χ1) is 10.7. The molecular formula is C16H16N4O2. The van der Waals surface area contributed by atoms with Gasteiger partial charge in [0.1, 0.15) is 5.52 Å². The van der Waals surface area contributed by atoms with E-state index in [2.05, 4.69) is 15.3 Å². The lowest BCUT2D eigenvalue weighted by molar-refractivity contribution is 0.0950. The molecule has 6 heteroatoms. The van der Waals surface area contributed by atoms with E-state index >= 15 is 0 Å². The molecule has 22 heavy (non-hydrogen) atoms. The van der Waals surface area contributed by atoms with Gasteiger partial charge in [-0.25, -0.2) is 9.97 Å². The molecule has 2 N–H and O–H groups in total. The van der Waals surface area contributed by atoms with Crippen LogP contribution in [0.2, 0.25) is 0 Å². The number of carbonyl (C=O) groups is 1. The Morgan fingerprint density at radius 1 is 1.27 bits per heavy atom. The summed E-state index contributed by atoms with van der Waals surface area (Å²) in [6.07, 6.45) is 3.20. The molecule has 0 saturated heterocycles. The predicted octanol–water partition coefficient (Wildman–Crippen LogP) is 1.39. The molecule has 1 amide bonds. The Morgan fingerprint density at radius 2 is 2.05 bits per heavy atom. The monoisotopic (exact) mass is 296 g/mol. The first kappa shape index (κ1) is 14.2. The van der Waals surface area contributed by atoms with Crippen molar-refractivity contribution in [2.75, 3.05) is 0 Å². The molecule has 3 aromatic rings. The van der Waals surface area contributed by atoms with Gasteiger partial charge in [0.15, 0.2) is 5.65 Å². The zero-order chi connectivity index (χ0) is 15.5. The molecule has 0 spiro atoms. The number of aryl methyl sites for hydroxylation is 1. The summed E-state index contributed by atoms with van der Waals surface area (Å²) < 4.78 is 1.80. The summed E-state index contributed by atoms with van der Waals surface area (Å²) >= 11 is 0. The van der Waals surface area contributed by atoms with Crippen molar-refractivity contribution in [2.45, 2.75) is 13.2 Å². The maximum atomic E-state index is 12.2. The fourth-order valence-corrected chi connectivity index (χ4v) is 2.30. The molecule has 0 bridgehead atoms. The summed E-state index contributed by atoms with van der Waals surface area (Å²) in [6.45, 7) is 0.309. The number of aliphatic hydroxyl groups excluding tert-OH is 1. The number of imidazole rings is 1. The topological polar surface area (TPSA) is 80.0 Å². The third-order valence-electron chi connectivity index (χ3n) is 3.54. The van der Waals surface area contributed by atoms with Gasteiger partial charge in [-0.2, -0.15) is 0 Å². The van der Waals surface area contributed by atoms with Crippen molar-refractivity contribution in [3.05, 3.63) is 59.5 Å². The Labute approximate surface area is 127 Å². The van der Waals surface area contributed by atoms with Crippen LogP contribution in [0.1, 0.15) is 21.5 Å². The first-order valence-electron chi connectivity index (χ1n) is 6.92. The Bertz CT molecular complexity index is 826. The molecule has 0 atom stereocenters. The molecule has 0 aliphatic heterocycles. The van der Waals surface area contributed by atoms with Gasteiger partial charge in [-0.15, -0.1) is 0 Å². The Kier molecular flexibility index (Phi) is 3.84. The fraction of sp³-hybridized carbons (Fsp3) is 0.188. The van der Waals surface area contributed by atoms with Crippen LogP contribution in [0.15, 0.2) is 42.9 Å². The van der Waals surface area contributed by atoms with Crippen LogP contribution in [0.25, 0.3) is 11.2 Å². The highest BCUT2D eigenvalue weighted by Gasteiger charge is 2.10. The van der Waals surface area contributed by atoms with Crippen molar-refractivity contribution in [1.82, 2.24) is 19.9 Å². The number of benzene rings is 1. The number of nitrogens with zero attached hydrogens (tertiary/aromatic N) is 3. The summed E-state index contributed by atoms with van der Waals surface area (Å²) in [5.74, 6) is -0.215. The quantitative estimate of drug-likeness (QED) is 0.762. The minimum atomic E-state index is -0.215. The van der Waals surface area contributed by atoms with Crippen LogP contribution in [0.5, 0.6) is 0 Å². The number of hydrogen-bond acceptors (Lipinski definition) is 4. The van der Waals surface area contributed by atoms with E-state index in [1.165, 1.54) is 6.20 Å². The maximum absolute atomic E-state index is 12.2. The molecule has 2 heterocycles. The van der Waals surface area contributed by atoms with Crippen molar-refractivity contribution in [3.8, 4) is 0 Å². The lowest BCUT2D eigenvalue weighted by atomic mass is 10.1. The number of aromatic nitrogens is 3. The van der Waals surface area contributed by atoms with Gasteiger partial charge in [0, 0.05) is 19.8 Å². The number of hydrogen-bond donors (Lipinski definition) is 2. The van der Waals surface area contributed by atoms with Gasteiger partial charge in [-0.3, -0.25) is 4.79 Å². The summed E-state index contributed by atoms with van der Waals surface area (Å²) in [6, 6.07) is 9.17. The Morgan fingerprint density at radius 3 is 2.82 bits per heavy atom. The second-order valence-electron chi connectivity index (χ2n) is 5.03. The smallest absolute Gasteiger partial charge is 0.253 e. The first-order valence-corrected chi connectivity index (χ1v) is 6.92. The predicted molar refractivity (Wildman–Crippen MR) is 82.0 cm³/mol. The van der Waals surface area contributed by atoms with Crippen LogP contribution in [0, 0.1) is 0 Å². The molecule has 0 aliphatic rings. The molecule has 2 aromatic heterocycles. The van der Waals surface area contributed by atoms with E-state index in [0.29, 0.717) is 17.6 Å². The van der Waals surface area contributed by atoms with Crippen LogP contribution < -0.4 is 5.32 Å².